The molecule has 0 aromatic heterocycles. The molecule has 0 radical (unpaired) electrons. The molecule has 1 saturated heterocycles. The average molecular weight is 424 g/mol. The van der Waals surface area contributed by atoms with Gasteiger partial charge in [-0.15, -0.1) is 0 Å². The number of hydrogen-bond donors (Lipinski definition) is 1. The number of aliphatic hydroxyl groups is 1. The molecule has 0 bridgehead atoms. The first-order valence-electron chi connectivity index (χ1n) is 8.85. The van der Waals surface area contributed by atoms with Gasteiger partial charge < -0.3 is 5.11 Å². The van der Waals surface area contributed by atoms with E-state index in [1.54, 1.807) is 78.9 Å². The Morgan fingerprint density at radius 1 is 0.828 bits per heavy atom. The molecule has 3 aromatic carbocycles. The lowest BCUT2D eigenvalue weighted by atomic mass is 9.95. The summed E-state index contributed by atoms with van der Waals surface area (Å²) < 4.78 is 0. The van der Waals surface area contributed by atoms with Crippen molar-refractivity contribution in [3.05, 3.63) is 106 Å². The fourth-order valence-corrected chi connectivity index (χ4v) is 3.75. The van der Waals surface area contributed by atoms with Crippen LogP contribution in [0.25, 0.3) is 5.76 Å². The van der Waals surface area contributed by atoms with Crippen LogP contribution in [0.3, 0.4) is 0 Å². The van der Waals surface area contributed by atoms with E-state index in [4.69, 9.17) is 23.2 Å². The molecule has 0 saturated carbocycles. The van der Waals surface area contributed by atoms with Crippen molar-refractivity contribution in [3.8, 4) is 0 Å². The lowest BCUT2D eigenvalue weighted by Gasteiger charge is -2.25. The molecule has 1 atom stereocenters. The van der Waals surface area contributed by atoms with E-state index >= 15 is 0 Å². The molecule has 29 heavy (non-hydrogen) atoms. The molecule has 0 spiro atoms. The van der Waals surface area contributed by atoms with Gasteiger partial charge in [0.2, 0.25) is 0 Å². The van der Waals surface area contributed by atoms with Gasteiger partial charge in [-0.25, -0.2) is 0 Å². The van der Waals surface area contributed by atoms with Crippen LogP contribution in [0.4, 0.5) is 5.69 Å². The van der Waals surface area contributed by atoms with Crippen molar-refractivity contribution in [2.24, 2.45) is 0 Å². The average Bonchev–Trinajstić information content (AvgIpc) is 2.99. The highest BCUT2D eigenvalue weighted by Crippen LogP contribution is 2.42. The molecular formula is C23H15Cl2NO3. The summed E-state index contributed by atoms with van der Waals surface area (Å²) in [6.45, 7) is 0. The van der Waals surface area contributed by atoms with E-state index in [0.717, 1.165) is 0 Å². The van der Waals surface area contributed by atoms with Crippen LogP contribution < -0.4 is 4.90 Å². The SMILES string of the molecule is O=C1C(=O)N(c2cccc(Cl)c2)C(c2ccc(Cl)cc2)C1=C(O)c1ccccc1. The number of Topliss-reactive ketones (excluding diaryl/α,β-unsaturated/α-hetero) is 1. The predicted molar refractivity (Wildman–Crippen MR) is 114 cm³/mol. The van der Waals surface area contributed by atoms with E-state index in [-0.39, 0.29) is 11.3 Å². The largest absolute Gasteiger partial charge is 0.507 e. The van der Waals surface area contributed by atoms with Crippen molar-refractivity contribution in [1.29, 1.82) is 0 Å². The number of nitrogens with zero attached hydrogens (tertiary/aromatic N) is 1. The van der Waals surface area contributed by atoms with Gasteiger partial charge in [0.05, 0.1) is 11.6 Å². The number of amides is 1. The van der Waals surface area contributed by atoms with E-state index in [1.807, 2.05) is 0 Å². The maximum atomic E-state index is 13.0. The van der Waals surface area contributed by atoms with Gasteiger partial charge in [0.1, 0.15) is 5.76 Å². The normalized spacial score (nSPS) is 18.3. The lowest BCUT2D eigenvalue weighted by Crippen LogP contribution is -2.29. The number of benzene rings is 3. The number of aliphatic hydroxyl groups excluding tert-OH is 1. The number of ketones is 1. The van der Waals surface area contributed by atoms with Gasteiger partial charge in [0.15, 0.2) is 0 Å². The zero-order valence-electron chi connectivity index (χ0n) is 15.0. The Labute approximate surface area is 177 Å². The topological polar surface area (TPSA) is 57.6 Å². The van der Waals surface area contributed by atoms with Crippen LogP contribution in [0, 0.1) is 0 Å². The highest BCUT2D eigenvalue weighted by molar-refractivity contribution is 6.51. The first kappa shape index (κ1) is 19.2. The number of rotatable bonds is 3. The summed E-state index contributed by atoms with van der Waals surface area (Å²) in [6, 6.07) is 21.4. The summed E-state index contributed by atoms with van der Waals surface area (Å²) in [5.74, 6) is -1.72. The molecule has 4 nitrogen and oxygen atoms in total. The predicted octanol–water partition coefficient (Wildman–Crippen LogP) is 5.62. The standard InChI is InChI=1S/C23H15Cl2NO3/c24-16-11-9-14(10-12-16)20-19(21(27)15-5-2-1-3-6-15)22(28)23(29)26(20)18-8-4-7-17(25)13-18/h1-13,20,27H. The molecule has 1 amide bonds. The molecule has 1 aliphatic heterocycles. The Morgan fingerprint density at radius 2 is 1.52 bits per heavy atom. The minimum absolute atomic E-state index is 0.0171. The van der Waals surface area contributed by atoms with Gasteiger partial charge in [0.25, 0.3) is 11.7 Å². The quantitative estimate of drug-likeness (QED) is 0.337. The molecule has 1 unspecified atom stereocenters. The van der Waals surface area contributed by atoms with Gasteiger partial charge in [0, 0.05) is 21.3 Å². The summed E-state index contributed by atoms with van der Waals surface area (Å²) in [6.07, 6.45) is 0. The van der Waals surface area contributed by atoms with Crippen LogP contribution in [0.2, 0.25) is 10.0 Å². The summed E-state index contributed by atoms with van der Waals surface area (Å²) in [5.41, 5.74) is 1.58. The third kappa shape index (κ3) is 3.53. The molecule has 3 aromatic rings. The number of anilines is 1. The zero-order chi connectivity index (χ0) is 20.5. The number of halogens is 2. The van der Waals surface area contributed by atoms with E-state index in [9.17, 15) is 14.7 Å². The molecule has 0 aliphatic carbocycles. The third-order valence-corrected chi connectivity index (χ3v) is 5.25. The van der Waals surface area contributed by atoms with E-state index in [1.165, 1.54) is 4.90 Å². The summed E-state index contributed by atoms with van der Waals surface area (Å²) in [5, 5.41) is 11.9. The fourth-order valence-electron chi connectivity index (χ4n) is 3.44. The van der Waals surface area contributed by atoms with Crippen molar-refractivity contribution in [3.63, 3.8) is 0 Å². The number of hydrogen-bond acceptors (Lipinski definition) is 3. The first-order valence-corrected chi connectivity index (χ1v) is 9.60. The molecule has 1 fully saturated rings. The van der Waals surface area contributed by atoms with Crippen LogP contribution in [0.1, 0.15) is 17.2 Å². The van der Waals surface area contributed by atoms with Gasteiger partial charge in [-0.3, -0.25) is 14.5 Å². The van der Waals surface area contributed by atoms with Crippen molar-refractivity contribution < 1.29 is 14.7 Å². The van der Waals surface area contributed by atoms with Crippen molar-refractivity contribution in [2.45, 2.75) is 6.04 Å². The van der Waals surface area contributed by atoms with Crippen molar-refractivity contribution in [1.82, 2.24) is 0 Å². The first-order chi connectivity index (χ1) is 14.0. The van der Waals surface area contributed by atoms with Crippen LogP contribution in [0.5, 0.6) is 0 Å². The maximum Gasteiger partial charge on any atom is 0.300 e. The highest BCUT2D eigenvalue weighted by Gasteiger charge is 2.46. The van der Waals surface area contributed by atoms with Crippen LogP contribution in [-0.2, 0) is 9.59 Å². The molecule has 4 rings (SSSR count). The lowest BCUT2D eigenvalue weighted by molar-refractivity contribution is -0.132. The molecule has 1 aliphatic rings. The molecule has 6 heteroatoms. The van der Waals surface area contributed by atoms with E-state index in [2.05, 4.69) is 0 Å². The van der Waals surface area contributed by atoms with E-state index < -0.39 is 17.7 Å². The number of carbonyl (C=O) groups excluding carboxylic acids is 2. The van der Waals surface area contributed by atoms with Gasteiger partial charge >= 0.3 is 0 Å². The van der Waals surface area contributed by atoms with Gasteiger partial charge in [-0.05, 0) is 35.9 Å². The summed E-state index contributed by atoms with van der Waals surface area (Å²) in [4.78, 5) is 27.3. The zero-order valence-corrected chi connectivity index (χ0v) is 16.6. The van der Waals surface area contributed by atoms with E-state index in [0.29, 0.717) is 26.9 Å². The molecule has 1 heterocycles. The second-order valence-corrected chi connectivity index (χ2v) is 7.44. The highest BCUT2D eigenvalue weighted by atomic mass is 35.5. The molecule has 1 N–H and O–H groups in total. The Kier molecular flexibility index (Phi) is 5.14. The van der Waals surface area contributed by atoms with Gasteiger partial charge in [-0.1, -0.05) is 71.7 Å². The summed E-state index contributed by atoms with van der Waals surface area (Å²) in [7, 11) is 0. The Hall–Kier alpha value is -3.08. The Balaban J connectivity index is 1.96. The summed E-state index contributed by atoms with van der Waals surface area (Å²) >= 11 is 12.1. The second kappa shape index (κ2) is 7.74. The van der Waals surface area contributed by atoms with Crippen LogP contribution in [-0.4, -0.2) is 16.8 Å². The Bertz CT molecular complexity index is 1120. The fraction of sp³-hybridized carbons (Fsp3) is 0.0435. The smallest absolute Gasteiger partial charge is 0.300 e. The third-order valence-electron chi connectivity index (χ3n) is 4.76. The Morgan fingerprint density at radius 3 is 2.17 bits per heavy atom. The second-order valence-electron chi connectivity index (χ2n) is 6.57. The molecule has 144 valence electrons. The molecular weight excluding hydrogens is 409 g/mol. The van der Waals surface area contributed by atoms with Gasteiger partial charge in [-0.2, -0.15) is 0 Å². The van der Waals surface area contributed by atoms with Crippen LogP contribution >= 0.6 is 23.2 Å². The minimum Gasteiger partial charge on any atom is -0.507 e. The van der Waals surface area contributed by atoms with Crippen molar-refractivity contribution in [2.75, 3.05) is 4.90 Å². The number of carbonyl (C=O) groups is 2. The maximum absolute atomic E-state index is 13.0. The van der Waals surface area contributed by atoms with Crippen LogP contribution in [0.15, 0.2) is 84.4 Å². The monoisotopic (exact) mass is 423 g/mol. The van der Waals surface area contributed by atoms with Crippen molar-refractivity contribution >= 4 is 46.3 Å². The minimum atomic E-state index is -0.814.